The molecule has 0 aliphatic carbocycles. The molecule has 140 valence electrons. The molecular formula is C20H26N2O3S. The first-order valence-electron chi connectivity index (χ1n) is 8.45. The van der Waals surface area contributed by atoms with Gasteiger partial charge in [-0.3, -0.25) is 9.52 Å². The highest BCUT2D eigenvalue weighted by Gasteiger charge is 2.15. The third-order valence-electron chi connectivity index (χ3n) is 4.07. The Labute approximate surface area is 155 Å². The number of hydrogen-bond donors (Lipinski definition) is 2. The van der Waals surface area contributed by atoms with E-state index in [1.807, 2.05) is 19.1 Å². The fraction of sp³-hybridized carbons (Fsp3) is 0.350. The van der Waals surface area contributed by atoms with Crippen molar-refractivity contribution in [2.24, 2.45) is 0 Å². The fourth-order valence-corrected chi connectivity index (χ4v) is 3.10. The number of sulfonamides is 1. The molecule has 1 amide bonds. The number of hydrogen-bond acceptors (Lipinski definition) is 3. The summed E-state index contributed by atoms with van der Waals surface area (Å²) in [5.74, 6) is -0.205. The van der Waals surface area contributed by atoms with E-state index in [4.69, 9.17) is 0 Å². The lowest BCUT2D eigenvalue weighted by Crippen LogP contribution is -2.26. The number of carbonyl (C=O) groups excluding carboxylic acids is 1. The van der Waals surface area contributed by atoms with E-state index in [-0.39, 0.29) is 17.4 Å². The average Bonchev–Trinajstić information content (AvgIpc) is 2.53. The Morgan fingerprint density at radius 3 is 1.96 bits per heavy atom. The molecule has 0 heterocycles. The van der Waals surface area contributed by atoms with Gasteiger partial charge in [0.2, 0.25) is 10.0 Å². The van der Waals surface area contributed by atoms with Crippen LogP contribution in [0.4, 0.5) is 5.69 Å². The fourth-order valence-electron chi connectivity index (χ4n) is 2.54. The Balaban J connectivity index is 2.04. The summed E-state index contributed by atoms with van der Waals surface area (Å²) in [6.45, 7) is 8.42. The van der Waals surface area contributed by atoms with Gasteiger partial charge in [0.1, 0.15) is 0 Å². The third kappa shape index (κ3) is 5.59. The van der Waals surface area contributed by atoms with Crippen molar-refractivity contribution in [2.75, 3.05) is 11.0 Å². The number of anilines is 1. The van der Waals surface area contributed by atoms with Gasteiger partial charge in [0.05, 0.1) is 12.3 Å². The zero-order valence-electron chi connectivity index (χ0n) is 15.8. The Morgan fingerprint density at radius 1 is 0.962 bits per heavy atom. The van der Waals surface area contributed by atoms with Crippen LogP contribution in [0, 0.1) is 0 Å². The van der Waals surface area contributed by atoms with Crippen LogP contribution in [0.15, 0.2) is 48.5 Å². The predicted molar refractivity (Wildman–Crippen MR) is 106 cm³/mol. The van der Waals surface area contributed by atoms with Crippen molar-refractivity contribution >= 4 is 21.6 Å². The van der Waals surface area contributed by atoms with Crippen LogP contribution in [0.25, 0.3) is 0 Å². The second kappa shape index (κ2) is 7.50. The lowest BCUT2D eigenvalue weighted by molar-refractivity contribution is 0.0940. The van der Waals surface area contributed by atoms with Crippen LogP contribution in [0.1, 0.15) is 55.2 Å². The molecule has 2 aromatic rings. The minimum atomic E-state index is -3.33. The first kappa shape index (κ1) is 20.0. The minimum Gasteiger partial charge on any atom is -0.346 e. The van der Waals surface area contributed by atoms with Crippen molar-refractivity contribution in [2.45, 2.75) is 39.2 Å². The molecule has 0 aliphatic heterocycles. The lowest BCUT2D eigenvalue weighted by atomic mass is 9.86. The standard InChI is InChI=1S/C20H26N2O3S/c1-14(15-6-10-17(11-7-15)20(2,3)4)21-19(23)16-8-12-18(13-9-16)22-26(5,24)25/h6-14,22H,1-5H3,(H,21,23)/t14-/m0/s1. The maximum Gasteiger partial charge on any atom is 0.251 e. The van der Waals surface area contributed by atoms with E-state index in [0.29, 0.717) is 11.3 Å². The van der Waals surface area contributed by atoms with E-state index in [0.717, 1.165) is 11.8 Å². The second-order valence-corrected chi connectivity index (χ2v) is 9.27. The first-order chi connectivity index (χ1) is 12.0. The van der Waals surface area contributed by atoms with Gasteiger partial charge in [-0.1, -0.05) is 45.0 Å². The molecule has 0 radical (unpaired) electrons. The number of benzene rings is 2. The molecule has 0 aromatic heterocycles. The zero-order valence-corrected chi connectivity index (χ0v) is 16.6. The van der Waals surface area contributed by atoms with Crippen LogP contribution in [-0.2, 0) is 15.4 Å². The highest BCUT2D eigenvalue weighted by atomic mass is 32.2. The van der Waals surface area contributed by atoms with E-state index in [2.05, 4.69) is 42.9 Å². The maximum atomic E-state index is 12.4. The molecule has 0 spiro atoms. The van der Waals surface area contributed by atoms with Crippen molar-refractivity contribution in [3.8, 4) is 0 Å². The largest absolute Gasteiger partial charge is 0.346 e. The number of carbonyl (C=O) groups is 1. The summed E-state index contributed by atoms with van der Waals surface area (Å²) >= 11 is 0. The van der Waals surface area contributed by atoms with Crippen LogP contribution in [0.3, 0.4) is 0 Å². The van der Waals surface area contributed by atoms with Crippen molar-refractivity contribution in [3.63, 3.8) is 0 Å². The Hall–Kier alpha value is -2.34. The molecule has 2 aromatic carbocycles. The summed E-state index contributed by atoms with van der Waals surface area (Å²) < 4.78 is 24.8. The molecule has 5 nitrogen and oxygen atoms in total. The van der Waals surface area contributed by atoms with Gasteiger partial charge in [-0.2, -0.15) is 0 Å². The molecule has 0 bridgehead atoms. The summed E-state index contributed by atoms with van der Waals surface area (Å²) in [6, 6.07) is 14.4. The summed E-state index contributed by atoms with van der Waals surface area (Å²) in [7, 11) is -3.33. The monoisotopic (exact) mass is 374 g/mol. The van der Waals surface area contributed by atoms with Crippen LogP contribution < -0.4 is 10.0 Å². The quantitative estimate of drug-likeness (QED) is 0.835. The molecule has 0 unspecified atom stereocenters. The van der Waals surface area contributed by atoms with E-state index < -0.39 is 10.0 Å². The topological polar surface area (TPSA) is 75.3 Å². The molecule has 26 heavy (non-hydrogen) atoms. The van der Waals surface area contributed by atoms with Gasteiger partial charge >= 0.3 is 0 Å². The van der Waals surface area contributed by atoms with Gasteiger partial charge in [0, 0.05) is 11.3 Å². The van der Waals surface area contributed by atoms with Gasteiger partial charge in [-0.05, 0) is 47.7 Å². The molecule has 0 saturated carbocycles. The summed E-state index contributed by atoms with van der Waals surface area (Å²) in [6.07, 6.45) is 1.08. The van der Waals surface area contributed by atoms with Gasteiger partial charge in [0.15, 0.2) is 0 Å². The van der Waals surface area contributed by atoms with Crippen molar-refractivity contribution in [1.29, 1.82) is 0 Å². The molecule has 2 N–H and O–H groups in total. The van der Waals surface area contributed by atoms with Crippen molar-refractivity contribution < 1.29 is 13.2 Å². The number of rotatable bonds is 5. The number of amides is 1. The van der Waals surface area contributed by atoms with E-state index in [1.54, 1.807) is 24.3 Å². The van der Waals surface area contributed by atoms with Gasteiger partial charge in [-0.15, -0.1) is 0 Å². The molecule has 0 saturated heterocycles. The maximum absolute atomic E-state index is 12.4. The van der Waals surface area contributed by atoms with Gasteiger partial charge in [-0.25, -0.2) is 8.42 Å². The average molecular weight is 375 g/mol. The second-order valence-electron chi connectivity index (χ2n) is 7.52. The van der Waals surface area contributed by atoms with Crippen molar-refractivity contribution in [3.05, 3.63) is 65.2 Å². The summed E-state index contributed by atoms with van der Waals surface area (Å²) in [4.78, 5) is 12.4. The lowest BCUT2D eigenvalue weighted by Gasteiger charge is -2.20. The van der Waals surface area contributed by atoms with E-state index in [9.17, 15) is 13.2 Å². The van der Waals surface area contributed by atoms with Crippen LogP contribution in [0.5, 0.6) is 0 Å². The molecule has 0 aliphatic rings. The summed E-state index contributed by atoms with van der Waals surface area (Å²) in [5, 5.41) is 2.96. The zero-order chi connectivity index (χ0) is 19.5. The smallest absolute Gasteiger partial charge is 0.251 e. The third-order valence-corrected chi connectivity index (χ3v) is 4.68. The molecule has 0 fully saturated rings. The Bertz CT molecular complexity index is 865. The SMILES string of the molecule is C[C@H](NC(=O)c1ccc(NS(C)(=O)=O)cc1)c1ccc(C(C)(C)C)cc1. The summed E-state index contributed by atoms with van der Waals surface area (Å²) in [5.41, 5.74) is 3.26. The highest BCUT2D eigenvalue weighted by molar-refractivity contribution is 7.92. The van der Waals surface area contributed by atoms with Crippen LogP contribution in [-0.4, -0.2) is 20.6 Å². The Kier molecular flexibility index (Phi) is 5.76. The first-order valence-corrected chi connectivity index (χ1v) is 10.3. The highest BCUT2D eigenvalue weighted by Crippen LogP contribution is 2.24. The predicted octanol–water partition coefficient (Wildman–Crippen LogP) is 3.85. The van der Waals surface area contributed by atoms with E-state index in [1.165, 1.54) is 5.56 Å². The van der Waals surface area contributed by atoms with Crippen molar-refractivity contribution in [1.82, 2.24) is 5.32 Å². The molecular weight excluding hydrogens is 348 g/mol. The van der Waals surface area contributed by atoms with Crippen LogP contribution in [0.2, 0.25) is 0 Å². The minimum absolute atomic E-state index is 0.0900. The van der Waals surface area contributed by atoms with Crippen LogP contribution >= 0.6 is 0 Å². The number of nitrogens with one attached hydrogen (secondary N) is 2. The molecule has 2 rings (SSSR count). The molecule has 1 atom stereocenters. The van der Waals surface area contributed by atoms with Gasteiger partial charge < -0.3 is 5.32 Å². The van der Waals surface area contributed by atoms with Gasteiger partial charge in [0.25, 0.3) is 5.91 Å². The molecule has 6 heteroatoms. The van der Waals surface area contributed by atoms with E-state index >= 15 is 0 Å². The Morgan fingerprint density at radius 2 is 1.50 bits per heavy atom. The normalized spacial score (nSPS) is 13.1.